The first-order valence-electron chi connectivity index (χ1n) is 8.92. The first-order chi connectivity index (χ1) is 11.6. The Morgan fingerprint density at radius 1 is 1.16 bits per heavy atom. The standard InChI is InChI=1S/C20H29FN2O2/c1-14(15-6-8-17(21)9-7-15)22(5)18(24)16-10-12-23(13-11-16)19(25)20(2,3)4/h6-9,14,16H,10-13H2,1-5H3. The number of nitrogens with zero attached hydrogens (tertiary/aromatic N) is 2. The number of amides is 2. The molecule has 2 rings (SSSR count). The molecule has 1 heterocycles. The Balaban J connectivity index is 1.95. The Hall–Kier alpha value is -1.91. The van der Waals surface area contributed by atoms with E-state index < -0.39 is 0 Å². The number of carbonyl (C=O) groups excluding carboxylic acids is 2. The van der Waals surface area contributed by atoms with E-state index in [1.807, 2.05) is 32.6 Å². The quantitative estimate of drug-likeness (QED) is 0.837. The van der Waals surface area contributed by atoms with Crippen molar-refractivity contribution < 1.29 is 14.0 Å². The fraction of sp³-hybridized carbons (Fsp3) is 0.600. The summed E-state index contributed by atoms with van der Waals surface area (Å²) < 4.78 is 13.1. The van der Waals surface area contributed by atoms with Gasteiger partial charge in [0.15, 0.2) is 0 Å². The lowest BCUT2D eigenvalue weighted by Crippen LogP contribution is -2.47. The van der Waals surface area contributed by atoms with Crippen LogP contribution in [0, 0.1) is 17.2 Å². The first kappa shape index (κ1) is 19.4. The van der Waals surface area contributed by atoms with Crippen molar-refractivity contribution in [3.8, 4) is 0 Å². The van der Waals surface area contributed by atoms with Gasteiger partial charge < -0.3 is 9.80 Å². The maximum absolute atomic E-state index is 13.1. The maximum atomic E-state index is 13.1. The van der Waals surface area contributed by atoms with Gasteiger partial charge in [-0.3, -0.25) is 9.59 Å². The van der Waals surface area contributed by atoms with E-state index in [1.54, 1.807) is 24.1 Å². The average molecular weight is 348 g/mol. The molecule has 138 valence electrons. The summed E-state index contributed by atoms with van der Waals surface area (Å²) in [5, 5.41) is 0. The highest BCUT2D eigenvalue weighted by molar-refractivity contribution is 5.82. The first-order valence-corrected chi connectivity index (χ1v) is 8.92. The second kappa shape index (κ2) is 7.54. The summed E-state index contributed by atoms with van der Waals surface area (Å²) in [6.45, 7) is 8.97. The van der Waals surface area contributed by atoms with E-state index in [1.165, 1.54) is 12.1 Å². The normalized spacial score (nSPS) is 17.3. The number of benzene rings is 1. The molecular weight excluding hydrogens is 319 g/mol. The molecule has 0 spiro atoms. The fourth-order valence-electron chi connectivity index (χ4n) is 3.25. The van der Waals surface area contributed by atoms with E-state index in [-0.39, 0.29) is 35.0 Å². The largest absolute Gasteiger partial charge is 0.342 e. The Bertz CT molecular complexity index is 614. The summed E-state index contributed by atoms with van der Waals surface area (Å²) in [5.41, 5.74) is 0.530. The van der Waals surface area contributed by atoms with Crippen molar-refractivity contribution >= 4 is 11.8 Å². The van der Waals surface area contributed by atoms with E-state index in [2.05, 4.69) is 0 Å². The molecule has 1 aromatic carbocycles. The van der Waals surface area contributed by atoms with Crippen LogP contribution in [0.2, 0.25) is 0 Å². The predicted molar refractivity (Wildman–Crippen MR) is 96.3 cm³/mol. The Labute approximate surface area is 150 Å². The van der Waals surface area contributed by atoms with E-state index in [4.69, 9.17) is 0 Å². The molecule has 0 aromatic heterocycles. The molecule has 1 aliphatic rings. The van der Waals surface area contributed by atoms with Crippen LogP contribution in [0.1, 0.15) is 52.1 Å². The Morgan fingerprint density at radius 2 is 1.68 bits per heavy atom. The molecule has 5 heteroatoms. The lowest BCUT2D eigenvalue weighted by Gasteiger charge is -2.37. The number of rotatable bonds is 3. The minimum atomic E-state index is -0.384. The zero-order valence-corrected chi connectivity index (χ0v) is 15.9. The van der Waals surface area contributed by atoms with Gasteiger partial charge in [-0.05, 0) is 37.5 Å². The summed E-state index contributed by atoms with van der Waals surface area (Å²) in [6.07, 6.45) is 1.39. The van der Waals surface area contributed by atoms with Gasteiger partial charge in [-0.15, -0.1) is 0 Å². The summed E-state index contributed by atoms with van der Waals surface area (Å²) >= 11 is 0. The third-order valence-electron chi connectivity index (χ3n) is 5.05. The highest BCUT2D eigenvalue weighted by atomic mass is 19.1. The van der Waals surface area contributed by atoms with Gasteiger partial charge in [0.1, 0.15) is 5.82 Å². The van der Waals surface area contributed by atoms with Crippen LogP contribution in [0.3, 0.4) is 0 Å². The second-order valence-electron chi connectivity index (χ2n) is 7.99. The molecule has 1 saturated heterocycles. The predicted octanol–water partition coefficient (Wildman–Crippen LogP) is 3.63. The number of likely N-dealkylation sites (tertiary alicyclic amines) is 1. The van der Waals surface area contributed by atoms with Crippen molar-refractivity contribution in [1.29, 1.82) is 0 Å². The molecule has 1 atom stereocenters. The molecule has 0 bridgehead atoms. The van der Waals surface area contributed by atoms with Gasteiger partial charge in [0.05, 0.1) is 6.04 Å². The molecule has 1 unspecified atom stereocenters. The molecule has 0 radical (unpaired) electrons. The molecule has 4 nitrogen and oxygen atoms in total. The topological polar surface area (TPSA) is 40.6 Å². The fourth-order valence-corrected chi connectivity index (χ4v) is 3.25. The summed E-state index contributed by atoms with van der Waals surface area (Å²) in [6, 6.07) is 6.16. The van der Waals surface area contributed by atoms with E-state index >= 15 is 0 Å². The highest BCUT2D eigenvalue weighted by Crippen LogP contribution is 2.27. The third kappa shape index (κ3) is 4.59. The second-order valence-corrected chi connectivity index (χ2v) is 7.99. The number of hydrogen-bond donors (Lipinski definition) is 0. The molecule has 0 N–H and O–H groups in total. The van der Waals surface area contributed by atoms with Crippen molar-refractivity contribution in [2.45, 2.75) is 46.6 Å². The zero-order valence-electron chi connectivity index (χ0n) is 15.9. The van der Waals surface area contributed by atoms with E-state index in [9.17, 15) is 14.0 Å². The van der Waals surface area contributed by atoms with Crippen molar-refractivity contribution in [2.24, 2.45) is 11.3 Å². The van der Waals surface area contributed by atoms with Crippen molar-refractivity contribution in [2.75, 3.05) is 20.1 Å². The van der Waals surface area contributed by atoms with E-state index in [0.29, 0.717) is 25.9 Å². The van der Waals surface area contributed by atoms with Crippen LogP contribution in [0.4, 0.5) is 4.39 Å². The highest BCUT2D eigenvalue weighted by Gasteiger charge is 2.34. The van der Waals surface area contributed by atoms with Gasteiger partial charge >= 0.3 is 0 Å². The van der Waals surface area contributed by atoms with Crippen LogP contribution in [-0.2, 0) is 9.59 Å². The van der Waals surface area contributed by atoms with Crippen LogP contribution < -0.4 is 0 Å². The lowest BCUT2D eigenvalue weighted by molar-refractivity contribution is -0.145. The smallest absolute Gasteiger partial charge is 0.227 e. The molecule has 1 fully saturated rings. The van der Waals surface area contributed by atoms with Crippen LogP contribution >= 0.6 is 0 Å². The van der Waals surface area contributed by atoms with Gasteiger partial charge in [0.2, 0.25) is 11.8 Å². The van der Waals surface area contributed by atoms with Gasteiger partial charge in [-0.2, -0.15) is 0 Å². The molecule has 0 aliphatic carbocycles. The van der Waals surface area contributed by atoms with E-state index in [0.717, 1.165) is 5.56 Å². The molecule has 1 aliphatic heterocycles. The van der Waals surface area contributed by atoms with Crippen molar-refractivity contribution in [3.05, 3.63) is 35.6 Å². The Kier molecular flexibility index (Phi) is 5.86. The van der Waals surface area contributed by atoms with Crippen molar-refractivity contribution in [1.82, 2.24) is 9.80 Å². The van der Waals surface area contributed by atoms with Crippen molar-refractivity contribution in [3.63, 3.8) is 0 Å². The van der Waals surface area contributed by atoms with Crippen LogP contribution in [0.25, 0.3) is 0 Å². The number of piperidine rings is 1. The van der Waals surface area contributed by atoms with Crippen LogP contribution in [0.5, 0.6) is 0 Å². The molecule has 1 aromatic rings. The zero-order chi connectivity index (χ0) is 18.8. The monoisotopic (exact) mass is 348 g/mol. The summed E-state index contributed by atoms with van der Waals surface area (Å²) in [5.74, 6) is -0.0937. The number of carbonyl (C=O) groups is 2. The molecule has 25 heavy (non-hydrogen) atoms. The SMILES string of the molecule is CC(c1ccc(F)cc1)N(C)C(=O)C1CCN(C(=O)C(C)(C)C)CC1. The maximum Gasteiger partial charge on any atom is 0.227 e. The van der Waals surface area contributed by atoms with Crippen LogP contribution in [-0.4, -0.2) is 41.8 Å². The molecule has 2 amide bonds. The van der Waals surface area contributed by atoms with Gasteiger partial charge in [-0.1, -0.05) is 32.9 Å². The van der Waals surface area contributed by atoms with Gasteiger partial charge in [-0.25, -0.2) is 4.39 Å². The third-order valence-corrected chi connectivity index (χ3v) is 5.05. The number of halogens is 1. The molecule has 0 saturated carbocycles. The minimum absolute atomic E-state index is 0.0584. The summed E-state index contributed by atoms with van der Waals surface area (Å²) in [4.78, 5) is 28.8. The minimum Gasteiger partial charge on any atom is -0.342 e. The average Bonchev–Trinajstić information content (AvgIpc) is 2.59. The lowest BCUT2D eigenvalue weighted by atomic mass is 9.90. The molecular formula is C20H29FN2O2. The van der Waals surface area contributed by atoms with Gasteiger partial charge in [0, 0.05) is 31.5 Å². The van der Waals surface area contributed by atoms with Crippen LogP contribution in [0.15, 0.2) is 24.3 Å². The summed E-state index contributed by atoms with van der Waals surface area (Å²) in [7, 11) is 1.79. The van der Waals surface area contributed by atoms with Gasteiger partial charge in [0.25, 0.3) is 0 Å². The Morgan fingerprint density at radius 3 is 2.16 bits per heavy atom. The number of hydrogen-bond acceptors (Lipinski definition) is 2.